The van der Waals surface area contributed by atoms with Crippen molar-refractivity contribution in [2.75, 3.05) is 12.3 Å². The van der Waals surface area contributed by atoms with Gasteiger partial charge in [0.05, 0.1) is 0 Å². The van der Waals surface area contributed by atoms with Crippen molar-refractivity contribution in [2.24, 2.45) is 0 Å². The molecule has 0 fully saturated rings. The van der Waals surface area contributed by atoms with Crippen LogP contribution in [-0.4, -0.2) is 24.9 Å². The van der Waals surface area contributed by atoms with Crippen LogP contribution in [0.15, 0.2) is 12.1 Å². The molecule has 1 aromatic rings. The van der Waals surface area contributed by atoms with Gasteiger partial charge in [-0.1, -0.05) is 19.1 Å². The highest BCUT2D eigenvalue weighted by Crippen LogP contribution is 2.58. The Labute approximate surface area is 138 Å². The van der Waals surface area contributed by atoms with Gasteiger partial charge in [-0.25, -0.2) is 0 Å². The minimum absolute atomic E-state index is 0.0151. The molecule has 0 aliphatic rings. The molecule has 0 aliphatic heterocycles. The Bertz CT molecular complexity index is 623. The molecule has 0 aliphatic carbocycles. The van der Waals surface area contributed by atoms with Crippen LogP contribution in [-0.2, 0) is 16.8 Å². The van der Waals surface area contributed by atoms with Crippen molar-refractivity contribution in [3.63, 3.8) is 0 Å². The predicted molar refractivity (Wildman–Crippen MR) is 75.3 cm³/mol. The highest BCUT2D eigenvalue weighted by molar-refractivity contribution is 5.56. The first-order valence-corrected chi connectivity index (χ1v) is 7.22. The Hall–Kier alpha value is -1.58. The van der Waals surface area contributed by atoms with E-state index in [-0.39, 0.29) is 23.2 Å². The van der Waals surface area contributed by atoms with Gasteiger partial charge in [0, 0.05) is 17.9 Å². The number of rotatable bonds is 5. The molecule has 0 bridgehead atoms. The van der Waals surface area contributed by atoms with Crippen LogP contribution in [0.25, 0.3) is 0 Å². The molecule has 1 rings (SSSR count). The topological polar surface area (TPSA) is 35.2 Å². The molecule has 1 atom stereocenters. The summed E-state index contributed by atoms with van der Waals surface area (Å²) in [4.78, 5) is 0. The molecule has 0 radical (unpaired) electrons. The average Bonchev–Trinajstić information content (AvgIpc) is 2.44. The number of nitrogens with two attached hydrogens (primary N) is 1. The molecule has 25 heavy (non-hydrogen) atoms. The molecular weight excluding hydrogens is 362 g/mol. The van der Waals surface area contributed by atoms with Crippen LogP contribution < -0.4 is 5.73 Å². The van der Waals surface area contributed by atoms with E-state index in [4.69, 9.17) is 5.73 Å². The van der Waals surface area contributed by atoms with Crippen molar-refractivity contribution in [1.82, 2.24) is 0 Å². The van der Waals surface area contributed by atoms with Gasteiger partial charge in [-0.05, 0) is 31.4 Å². The van der Waals surface area contributed by atoms with Crippen LogP contribution in [0, 0.1) is 6.92 Å². The largest absolute Gasteiger partial charge is 0.457 e. The van der Waals surface area contributed by atoms with Gasteiger partial charge >= 0.3 is 18.3 Å². The fourth-order valence-corrected chi connectivity index (χ4v) is 2.56. The Kier molecular flexibility index (Phi) is 5.68. The summed E-state index contributed by atoms with van der Waals surface area (Å²) in [5, 5.41) is 0. The third-order valence-electron chi connectivity index (χ3n) is 3.82. The van der Waals surface area contributed by atoms with E-state index in [1.165, 1.54) is 13.8 Å². The van der Waals surface area contributed by atoms with Crippen molar-refractivity contribution in [2.45, 2.75) is 51.1 Å². The molecule has 0 heterocycles. The van der Waals surface area contributed by atoms with Gasteiger partial charge in [0.2, 0.25) is 0 Å². The van der Waals surface area contributed by atoms with E-state index in [1.807, 2.05) is 0 Å². The molecule has 2 N–H and O–H groups in total. The summed E-state index contributed by atoms with van der Waals surface area (Å²) in [6.45, 7) is 2.58. The number of aryl methyl sites for hydroxylation is 2. The van der Waals surface area contributed by atoms with Crippen LogP contribution >= 0.6 is 0 Å². The highest BCUT2D eigenvalue weighted by Gasteiger charge is 2.81. The molecule has 144 valence electrons. The molecule has 0 amide bonds. The summed E-state index contributed by atoms with van der Waals surface area (Å²) in [6, 6.07) is 1.14. The summed E-state index contributed by atoms with van der Waals surface area (Å²) in [6.07, 6.45) is -12.5. The lowest BCUT2D eigenvalue weighted by Gasteiger charge is -2.42. The normalized spacial score (nSPS) is 16.0. The highest BCUT2D eigenvalue weighted by atomic mass is 19.4. The van der Waals surface area contributed by atoms with Crippen LogP contribution in [0.2, 0.25) is 0 Å². The van der Waals surface area contributed by atoms with Gasteiger partial charge < -0.3 is 10.5 Å². The molecular formula is C15H17F8NO. The van der Waals surface area contributed by atoms with Crippen LogP contribution in [0.4, 0.5) is 40.8 Å². The van der Waals surface area contributed by atoms with E-state index >= 15 is 0 Å². The quantitative estimate of drug-likeness (QED) is 0.569. The Morgan fingerprint density at radius 1 is 0.920 bits per heavy atom. The lowest BCUT2D eigenvalue weighted by molar-refractivity contribution is -0.418. The maximum Gasteiger partial charge on any atom is 0.457 e. The van der Waals surface area contributed by atoms with Crippen molar-refractivity contribution in [3.05, 3.63) is 28.8 Å². The van der Waals surface area contributed by atoms with Gasteiger partial charge in [-0.2, -0.15) is 35.1 Å². The molecule has 2 nitrogen and oxygen atoms in total. The molecule has 0 saturated carbocycles. The number of alkyl halides is 8. The Morgan fingerprint density at radius 3 is 1.80 bits per heavy atom. The number of ether oxygens (including phenoxy) is 1. The van der Waals surface area contributed by atoms with Crippen molar-refractivity contribution in [3.8, 4) is 0 Å². The van der Waals surface area contributed by atoms with Crippen LogP contribution in [0.3, 0.4) is 0 Å². The van der Waals surface area contributed by atoms with Gasteiger partial charge in [0.1, 0.15) is 0 Å². The Morgan fingerprint density at radius 2 is 1.44 bits per heavy atom. The van der Waals surface area contributed by atoms with Gasteiger partial charge in [-0.3, -0.25) is 0 Å². The standard InChI is InChI=1S/C15H17F8NO/c1-4-9-7-10(6-8(3)11(9)24)12(25-5-2,14(18,19)20)13(16,17)15(21,22)23/h6-7H,4-5,24H2,1-3H3. The second kappa shape index (κ2) is 6.62. The zero-order valence-corrected chi connectivity index (χ0v) is 13.6. The average molecular weight is 379 g/mol. The van der Waals surface area contributed by atoms with Gasteiger partial charge in [0.25, 0.3) is 5.60 Å². The lowest BCUT2D eigenvalue weighted by Crippen LogP contribution is -2.63. The van der Waals surface area contributed by atoms with E-state index in [1.54, 1.807) is 0 Å². The third kappa shape index (κ3) is 3.28. The van der Waals surface area contributed by atoms with E-state index in [9.17, 15) is 35.1 Å². The first kappa shape index (κ1) is 21.5. The smallest absolute Gasteiger partial charge is 0.398 e. The van der Waals surface area contributed by atoms with Crippen molar-refractivity contribution >= 4 is 5.69 Å². The maximum absolute atomic E-state index is 14.1. The number of hydrogen-bond donors (Lipinski definition) is 1. The number of halogens is 8. The zero-order valence-electron chi connectivity index (χ0n) is 13.6. The summed E-state index contributed by atoms with van der Waals surface area (Å²) in [5.74, 6) is -6.22. The minimum Gasteiger partial charge on any atom is -0.398 e. The van der Waals surface area contributed by atoms with Crippen LogP contribution in [0.1, 0.15) is 30.5 Å². The first-order valence-electron chi connectivity index (χ1n) is 7.22. The SMILES string of the molecule is CCOC(c1cc(C)c(N)c(CC)c1)(C(F)(F)F)C(F)(F)C(F)(F)F. The number of hydrogen-bond acceptors (Lipinski definition) is 2. The number of benzene rings is 1. The fraction of sp³-hybridized carbons (Fsp3) is 0.600. The van der Waals surface area contributed by atoms with Crippen LogP contribution in [0.5, 0.6) is 0 Å². The van der Waals surface area contributed by atoms with Gasteiger partial charge in [-0.15, -0.1) is 0 Å². The molecule has 0 saturated heterocycles. The van der Waals surface area contributed by atoms with Gasteiger partial charge in [0.15, 0.2) is 0 Å². The molecule has 10 heteroatoms. The van der Waals surface area contributed by atoms with E-state index in [0.717, 1.165) is 6.92 Å². The zero-order chi connectivity index (χ0) is 19.8. The first-order chi connectivity index (χ1) is 11.2. The maximum atomic E-state index is 14.1. The molecule has 0 spiro atoms. The molecule has 0 aromatic heterocycles. The monoisotopic (exact) mass is 379 g/mol. The van der Waals surface area contributed by atoms with E-state index in [0.29, 0.717) is 12.1 Å². The second-order valence-corrected chi connectivity index (χ2v) is 5.40. The summed E-state index contributed by atoms with van der Waals surface area (Å²) >= 11 is 0. The lowest BCUT2D eigenvalue weighted by atomic mass is 9.83. The summed E-state index contributed by atoms with van der Waals surface area (Å²) in [5.41, 5.74) is -0.586. The second-order valence-electron chi connectivity index (χ2n) is 5.40. The van der Waals surface area contributed by atoms with E-state index < -0.39 is 36.0 Å². The van der Waals surface area contributed by atoms with Crippen molar-refractivity contribution in [1.29, 1.82) is 0 Å². The molecule has 1 aromatic carbocycles. The minimum atomic E-state index is -6.49. The molecule has 1 unspecified atom stereocenters. The predicted octanol–water partition coefficient (Wildman–Crippen LogP) is 5.13. The van der Waals surface area contributed by atoms with E-state index in [2.05, 4.69) is 4.74 Å². The fourth-order valence-electron chi connectivity index (χ4n) is 2.56. The third-order valence-corrected chi connectivity index (χ3v) is 3.82. The summed E-state index contributed by atoms with van der Waals surface area (Å²) < 4.78 is 112. The number of nitrogen functional groups attached to an aromatic ring is 1. The number of anilines is 1. The summed E-state index contributed by atoms with van der Waals surface area (Å²) in [7, 11) is 0. The van der Waals surface area contributed by atoms with Crippen molar-refractivity contribution < 1.29 is 39.9 Å². The Balaban J connectivity index is 3.95.